The number of ketones is 4. The minimum Gasteiger partial charge on any atom is -0.307 e. The first-order valence-corrected chi connectivity index (χ1v) is 27.2. The summed E-state index contributed by atoms with van der Waals surface area (Å²) in [6.45, 7) is 1.07. The van der Waals surface area contributed by atoms with Crippen molar-refractivity contribution in [3.63, 3.8) is 0 Å². The molecule has 4 saturated carbocycles. The monoisotopic (exact) mass is 1100 g/mol. The Morgan fingerprint density at radius 1 is 0.519 bits per heavy atom. The van der Waals surface area contributed by atoms with Gasteiger partial charge in [0.25, 0.3) is 0 Å². The van der Waals surface area contributed by atoms with Crippen LogP contribution < -0.4 is 26.8 Å². The molecule has 6 aromatic rings. The number of nitrogens with zero attached hydrogens (tertiary/aromatic N) is 5. The number of aromatic nitrogens is 4. The molecular formula is C59H76N10O9S. The Balaban J connectivity index is 0.000000182. The van der Waals surface area contributed by atoms with Crippen molar-refractivity contribution in [1.29, 1.82) is 0 Å². The predicted molar refractivity (Wildman–Crippen MR) is 310 cm³/mol. The number of Topliss-reactive ketones (excluding diaryl/α,β-unsaturated/α-hetero) is 4. The first-order valence-electron chi connectivity index (χ1n) is 27.2. The van der Waals surface area contributed by atoms with Crippen molar-refractivity contribution < 1.29 is 38.9 Å². The number of carbonyl (C=O) groups is 4. The summed E-state index contributed by atoms with van der Waals surface area (Å²) in [5.41, 5.74) is 12.2. The molecule has 0 bridgehead atoms. The number of nitrogens with one attached hydrogen (secondary N) is 5. The van der Waals surface area contributed by atoms with Crippen molar-refractivity contribution >= 4 is 65.1 Å². The van der Waals surface area contributed by atoms with Crippen LogP contribution in [0.4, 0.5) is 28.4 Å². The topological polar surface area (TPSA) is 251 Å². The van der Waals surface area contributed by atoms with Gasteiger partial charge in [0, 0.05) is 25.7 Å². The zero-order valence-corrected chi connectivity index (χ0v) is 45.7. The molecule has 5 fully saturated rings. The predicted octanol–water partition coefficient (Wildman–Crippen LogP) is 11.8. The van der Waals surface area contributed by atoms with E-state index in [-0.39, 0.29) is 43.0 Å². The van der Waals surface area contributed by atoms with Gasteiger partial charge in [-0.25, -0.2) is 5.06 Å². The van der Waals surface area contributed by atoms with Gasteiger partial charge in [-0.05, 0) is 149 Å². The molecular weight excluding hydrogens is 1020 g/mol. The summed E-state index contributed by atoms with van der Waals surface area (Å²) in [5, 5.41) is 30.7. The standard InChI is InChI=1S/C18H20N2O3.2C12H15NO2.C6H5NO.C6H10O.C5H9N5.H2S/c21-18-16(22-19-14-8-3-1-4-9-14)12-7-13-17(18)23-20-15-10-5-2-6-11-15;14-11-8-4-5-9-12(11)15-13-10-6-2-1-3-7-10;14-12-9-5-4-8-11(12)13(15)10-6-2-1-3-7-10;8-7-6-4-2-1-3-5-6;7-6-4-2-1-3-5-6;1-2-4(6-3-1)5-7-9-10-8-5;/h1-6,8-11,16-17,19-20H,7,12-13H2;1-3,6-7,12-13H,4-5,8-9H2;1-3,6-7,11,15H,4-5,8-9H2;1-5H;1-5H2;4,6H,1-3H2,(H,7,8,9,10);1H2/t;12-;;;;4-;/m.0...0./s1. The molecule has 1 aromatic heterocycles. The lowest BCUT2D eigenvalue weighted by atomic mass is 9.93. The summed E-state index contributed by atoms with van der Waals surface area (Å²) in [7, 11) is 0. The third-order valence-corrected chi connectivity index (χ3v) is 13.2. The summed E-state index contributed by atoms with van der Waals surface area (Å²) in [6.07, 6.45) is 15.5. The van der Waals surface area contributed by atoms with E-state index in [2.05, 4.69) is 47.6 Å². The highest BCUT2D eigenvalue weighted by atomic mass is 32.1. The van der Waals surface area contributed by atoms with Gasteiger partial charge < -0.3 is 5.32 Å². The fourth-order valence-corrected chi connectivity index (χ4v) is 8.87. The Labute approximate surface area is 469 Å². The van der Waals surface area contributed by atoms with Crippen LogP contribution in [0.3, 0.4) is 0 Å². The van der Waals surface area contributed by atoms with Gasteiger partial charge in [0.15, 0.2) is 23.2 Å². The van der Waals surface area contributed by atoms with Crippen LogP contribution in [0.1, 0.15) is 127 Å². The van der Waals surface area contributed by atoms with Crippen LogP contribution in [0.15, 0.2) is 157 Å². The Morgan fingerprint density at radius 2 is 0.987 bits per heavy atom. The molecule has 2 heterocycles. The molecule has 20 heteroatoms. The number of benzene rings is 5. The largest absolute Gasteiger partial charge is 0.307 e. The molecule has 4 aliphatic carbocycles. The smallest absolute Gasteiger partial charge is 0.195 e. The van der Waals surface area contributed by atoms with Crippen LogP contribution in [0, 0.1) is 4.91 Å². The average Bonchev–Trinajstić information content (AvgIpc) is 4.26. The number of hydrogen-bond donors (Lipinski definition) is 6. The molecule has 1 saturated heterocycles. The lowest BCUT2D eigenvalue weighted by Gasteiger charge is -2.29. The maximum Gasteiger partial charge on any atom is 0.195 e. The van der Waals surface area contributed by atoms with Crippen LogP contribution in [0.2, 0.25) is 0 Å². The summed E-state index contributed by atoms with van der Waals surface area (Å²) < 4.78 is 0. The van der Waals surface area contributed by atoms with Gasteiger partial charge in [-0.15, -0.1) is 15.1 Å². The van der Waals surface area contributed by atoms with Crippen LogP contribution in [0.25, 0.3) is 0 Å². The Morgan fingerprint density at radius 3 is 1.42 bits per heavy atom. The molecule has 11 rings (SSSR count). The molecule has 3 unspecified atom stereocenters. The number of para-hydroxylation sites is 4. The average molecular weight is 1100 g/mol. The van der Waals surface area contributed by atoms with E-state index in [9.17, 15) is 29.3 Å². The van der Waals surface area contributed by atoms with Gasteiger partial charge in [-0.2, -0.15) is 18.7 Å². The van der Waals surface area contributed by atoms with Crippen LogP contribution in [0.5, 0.6) is 0 Å². The lowest BCUT2D eigenvalue weighted by Crippen LogP contribution is -2.41. The maximum atomic E-state index is 12.4. The molecule has 6 N–H and O–H groups in total. The van der Waals surface area contributed by atoms with E-state index in [1.165, 1.54) is 12.8 Å². The number of hydroxylamine groups is 1. The zero-order chi connectivity index (χ0) is 54.8. The second-order valence-electron chi connectivity index (χ2n) is 19.1. The summed E-state index contributed by atoms with van der Waals surface area (Å²) in [5.74, 6) is 1.57. The number of tetrazole rings is 1. The maximum absolute atomic E-state index is 12.4. The van der Waals surface area contributed by atoms with Gasteiger partial charge in [0.2, 0.25) is 0 Å². The number of anilines is 4. The van der Waals surface area contributed by atoms with Crippen LogP contribution in [-0.4, -0.2) is 79.9 Å². The number of carbonyl (C=O) groups excluding carboxylic acids is 4. The van der Waals surface area contributed by atoms with Crippen molar-refractivity contribution in [3.8, 4) is 0 Å². The highest BCUT2D eigenvalue weighted by Gasteiger charge is 2.34. The van der Waals surface area contributed by atoms with E-state index in [4.69, 9.17) is 14.5 Å². The second-order valence-corrected chi connectivity index (χ2v) is 19.1. The van der Waals surface area contributed by atoms with Crippen molar-refractivity contribution in [2.75, 3.05) is 28.0 Å². The van der Waals surface area contributed by atoms with E-state index in [1.54, 1.807) is 24.3 Å². The third-order valence-electron chi connectivity index (χ3n) is 13.2. The normalized spacial score (nSPS) is 20.3. The van der Waals surface area contributed by atoms with Crippen molar-refractivity contribution in [3.05, 3.63) is 162 Å². The van der Waals surface area contributed by atoms with E-state index < -0.39 is 12.2 Å². The second kappa shape index (κ2) is 36.8. The highest BCUT2D eigenvalue weighted by molar-refractivity contribution is 7.59. The highest BCUT2D eigenvalue weighted by Crippen LogP contribution is 2.25. The summed E-state index contributed by atoms with van der Waals surface area (Å²) in [4.78, 5) is 72.2. The number of hydrogen-bond acceptors (Lipinski definition) is 18. The summed E-state index contributed by atoms with van der Waals surface area (Å²) in [6, 6.07) is 46.5. The Bertz CT molecular complexity index is 2550. The minimum atomic E-state index is -0.494. The fraction of sp³-hybridized carbons (Fsp3) is 0.407. The molecule has 1 aliphatic heterocycles. The van der Waals surface area contributed by atoms with E-state index in [0.29, 0.717) is 48.9 Å². The SMILES string of the molecule is C1CN[C@H](c2nn[nH]n2)C1.O=C1C(ONc2ccccc2)CCCC1ONc1ccccc1.O=C1CCCCC1.O=C1CCCCC1N(O)c1ccccc1.O=C1CCCC[C@@H]1ONc1ccccc1.O=Nc1ccccc1.S. The number of nitroso groups, excluding NO2 is 1. The molecule has 0 amide bonds. The van der Waals surface area contributed by atoms with E-state index >= 15 is 0 Å². The molecule has 79 heavy (non-hydrogen) atoms. The number of aromatic amines is 1. The molecule has 5 aromatic carbocycles. The number of H-pyrrole nitrogens is 1. The van der Waals surface area contributed by atoms with Gasteiger partial charge in [0.05, 0.1) is 28.8 Å². The fourth-order valence-electron chi connectivity index (χ4n) is 8.87. The van der Waals surface area contributed by atoms with E-state index in [1.807, 2.05) is 127 Å². The van der Waals surface area contributed by atoms with Gasteiger partial charge in [0.1, 0.15) is 35.8 Å². The molecule has 0 spiro atoms. The minimum absolute atomic E-state index is 0. The van der Waals surface area contributed by atoms with Crippen LogP contribution >= 0.6 is 13.5 Å². The third kappa shape index (κ3) is 23.4. The summed E-state index contributed by atoms with van der Waals surface area (Å²) >= 11 is 0. The molecule has 422 valence electrons. The lowest BCUT2D eigenvalue weighted by molar-refractivity contribution is -0.143. The van der Waals surface area contributed by atoms with Gasteiger partial charge in [-0.3, -0.25) is 55.3 Å². The number of rotatable bonds is 13. The first-order chi connectivity index (χ1) is 38.3. The molecule has 19 nitrogen and oxygen atoms in total. The Hall–Kier alpha value is -7.20. The Kier molecular flexibility index (Phi) is 29.2. The molecule has 5 atom stereocenters. The van der Waals surface area contributed by atoms with Crippen molar-refractivity contribution in [1.82, 2.24) is 25.9 Å². The quantitative estimate of drug-likeness (QED) is 0.0464. The first kappa shape index (κ1) is 62.6. The van der Waals surface area contributed by atoms with Crippen molar-refractivity contribution in [2.24, 2.45) is 5.18 Å². The molecule has 0 radical (unpaired) electrons. The van der Waals surface area contributed by atoms with Gasteiger partial charge >= 0.3 is 0 Å². The van der Waals surface area contributed by atoms with E-state index in [0.717, 1.165) is 112 Å². The van der Waals surface area contributed by atoms with Crippen LogP contribution in [-0.2, 0) is 33.7 Å². The van der Waals surface area contributed by atoms with Crippen molar-refractivity contribution in [2.45, 2.75) is 146 Å². The van der Waals surface area contributed by atoms with Gasteiger partial charge in [-0.1, -0.05) is 109 Å². The zero-order valence-electron chi connectivity index (χ0n) is 44.7. The molecule has 5 aliphatic rings.